The average molecular weight is 622 g/mol. The smallest absolute Gasteiger partial charge is 0.352 e. The highest BCUT2D eigenvalue weighted by Crippen LogP contribution is 2.40. The number of carboxylic acid groups (broad SMARTS) is 2. The molecule has 0 bridgehead atoms. The van der Waals surface area contributed by atoms with Gasteiger partial charge in [-0.3, -0.25) is 19.2 Å². The number of nitrogens with one attached hydrogen (secondary N) is 1. The van der Waals surface area contributed by atoms with Crippen LogP contribution in [0.15, 0.2) is 41.0 Å². The van der Waals surface area contributed by atoms with Gasteiger partial charge in [0.15, 0.2) is 23.6 Å². The molecule has 2 aliphatic rings. The van der Waals surface area contributed by atoms with Gasteiger partial charge in [0, 0.05) is 24.4 Å². The lowest BCUT2D eigenvalue weighted by atomic mass is 10.0. The minimum Gasteiger partial charge on any atom is -0.478 e. The van der Waals surface area contributed by atoms with Gasteiger partial charge in [-0.15, -0.1) is 11.8 Å². The van der Waals surface area contributed by atoms with Crippen molar-refractivity contribution in [2.75, 3.05) is 11.5 Å². The highest BCUT2D eigenvalue weighted by atomic mass is 35.5. The first-order valence-electron chi connectivity index (χ1n) is 11.9. The number of carboxylic acids is 2. The van der Waals surface area contributed by atoms with Gasteiger partial charge in [-0.25, -0.2) is 14.6 Å². The van der Waals surface area contributed by atoms with Crippen molar-refractivity contribution < 1.29 is 38.8 Å². The van der Waals surface area contributed by atoms with E-state index >= 15 is 0 Å². The molecule has 41 heavy (non-hydrogen) atoms. The number of rotatable bonds is 9. The number of thioether (sulfide) groups is 1. The van der Waals surface area contributed by atoms with Crippen LogP contribution in [0.5, 0.6) is 0 Å². The van der Waals surface area contributed by atoms with Crippen LogP contribution in [0, 0.1) is 0 Å². The van der Waals surface area contributed by atoms with Crippen molar-refractivity contribution in [2.24, 2.45) is 12.2 Å². The van der Waals surface area contributed by atoms with Crippen LogP contribution in [0.4, 0.5) is 5.13 Å². The number of oxime groups is 1. The first-order valence-corrected chi connectivity index (χ1v) is 14.1. The molecule has 3 atom stereocenters. The van der Waals surface area contributed by atoms with Crippen LogP contribution in [-0.2, 0) is 37.6 Å². The molecule has 0 aliphatic carbocycles. The maximum Gasteiger partial charge on any atom is 0.352 e. The molecule has 0 saturated carbocycles. The maximum atomic E-state index is 13.2. The first-order chi connectivity index (χ1) is 19.5. The molecule has 5 N–H and O–H groups in total. The lowest BCUT2D eigenvalue weighted by Crippen LogP contribution is -2.71. The molecule has 1 unspecified atom stereocenters. The molecular weight excluding hydrogens is 600 g/mol. The number of carbonyl (C=O) groups excluding carboxylic acids is 2. The summed E-state index contributed by atoms with van der Waals surface area (Å²) >= 11 is 8.30. The van der Waals surface area contributed by atoms with Crippen LogP contribution >= 0.6 is 34.7 Å². The number of fused-ring (bicyclic) bond motifs is 2. The number of aryl methyl sites for hydroxylation is 1. The van der Waals surface area contributed by atoms with Crippen molar-refractivity contribution in [3.05, 3.63) is 45.8 Å². The number of nitrogens with two attached hydrogens (primary N) is 1. The molecule has 1 fully saturated rings. The summed E-state index contributed by atoms with van der Waals surface area (Å²) in [5.74, 6) is -3.90. The van der Waals surface area contributed by atoms with Crippen LogP contribution in [0.3, 0.4) is 0 Å². The fraction of sp³-hybridized carbons (Fsp3) is 0.304. The first kappa shape index (κ1) is 28.3. The largest absolute Gasteiger partial charge is 0.478 e. The van der Waals surface area contributed by atoms with Gasteiger partial charge in [-0.05, 0) is 13.0 Å². The van der Waals surface area contributed by atoms with E-state index in [9.17, 15) is 24.3 Å². The SMILES string of the molecule is C[C@H](ON=C(C(=O)N[C@@H]1C(=O)N2C(C(=O)O)=C(C[n+]3cccc4c3cnn4C)CSC12)c1nc(N)sc1Cl)C(=O)O. The van der Waals surface area contributed by atoms with E-state index in [1.165, 1.54) is 18.7 Å². The zero-order valence-electron chi connectivity index (χ0n) is 21.3. The van der Waals surface area contributed by atoms with E-state index in [4.69, 9.17) is 27.3 Å². The normalized spacial score (nSPS) is 19.5. The second-order valence-electron chi connectivity index (χ2n) is 8.99. The second kappa shape index (κ2) is 11.0. The quantitative estimate of drug-likeness (QED) is 0.110. The van der Waals surface area contributed by atoms with Crippen LogP contribution in [0.25, 0.3) is 11.0 Å². The minimum atomic E-state index is -1.40. The maximum absolute atomic E-state index is 13.2. The summed E-state index contributed by atoms with van der Waals surface area (Å²) in [6.45, 7) is 1.42. The summed E-state index contributed by atoms with van der Waals surface area (Å²) in [6, 6.07) is 2.61. The predicted molar refractivity (Wildman–Crippen MR) is 147 cm³/mol. The van der Waals surface area contributed by atoms with Crippen LogP contribution in [0.2, 0.25) is 4.34 Å². The fourth-order valence-corrected chi connectivity index (χ4v) is 6.62. The van der Waals surface area contributed by atoms with Crippen LogP contribution in [0.1, 0.15) is 12.6 Å². The number of anilines is 1. The van der Waals surface area contributed by atoms with E-state index in [0.717, 1.165) is 27.3 Å². The Morgan fingerprint density at radius 2 is 2.15 bits per heavy atom. The Labute approximate surface area is 244 Å². The van der Waals surface area contributed by atoms with Crippen molar-refractivity contribution in [3.63, 3.8) is 0 Å². The summed E-state index contributed by atoms with van der Waals surface area (Å²) in [7, 11) is 1.80. The summed E-state index contributed by atoms with van der Waals surface area (Å²) in [4.78, 5) is 60.0. The van der Waals surface area contributed by atoms with Crippen molar-refractivity contribution in [1.29, 1.82) is 0 Å². The number of nitrogens with zero attached hydrogens (tertiary/aromatic N) is 6. The van der Waals surface area contributed by atoms with Crippen LogP contribution < -0.4 is 15.6 Å². The van der Waals surface area contributed by atoms with Gasteiger partial charge in [-0.1, -0.05) is 28.1 Å². The van der Waals surface area contributed by atoms with Crippen molar-refractivity contribution >= 4 is 80.3 Å². The molecule has 15 nitrogen and oxygen atoms in total. The number of carbonyl (C=O) groups is 4. The molecule has 18 heteroatoms. The number of aromatic nitrogens is 4. The number of β-lactam (4-membered cyclic amide) rings is 1. The Kier molecular flexibility index (Phi) is 7.58. The molecule has 214 valence electrons. The van der Waals surface area contributed by atoms with E-state index < -0.39 is 47.0 Å². The van der Waals surface area contributed by atoms with Gasteiger partial charge in [-0.2, -0.15) is 9.67 Å². The Balaban J connectivity index is 1.39. The Bertz CT molecular complexity index is 1670. The van der Waals surface area contributed by atoms with E-state index in [-0.39, 0.29) is 33.2 Å². The highest BCUT2D eigenvalue weighted by Gasteiger charge is 2.55. The monoisotopic (exact) mass is 621 g/mol. The summed E-state index contributed by atoms with van der Waals surface area (Å²) in [5.41, 5.74) is 7.06. The third-order valence-corrected chi connectivity index (χ3v) is 8.81. The Morgan fingerprint density at radius 1 is 1.39 bits per heavy atom. The molecule has 2 amide bonds. The molecule has 0 spiro atoms. The van der Waals surface area contributed by atoms with Gasteiger partial charge in [0.25, 0.3) is 17.3 Å². The molecule has 0 radical (unpaired) electrons. The van der Waals surface area contributed by atoms with Gasteiger partial charge in [0.05, 0.1) is 0 Å². The second-order valence-corrected chi connectivity index (χ2v) is 11.7. The van der Waals surface area contributed by atoms with E-state index in [2.05, 4.69) is 20.6 Å². The molecule has 5 heterocycles. The van der Waals surface area contributed by atoms with Gasteiger partial charge >= 0.3 is 11.9 Å². The van der Waals surface area contributed by atoms with E-state index in [0.29, 0.717) is 5.57 Å². The number of hydrogen-bond donors (Lipinski definition) is 4. The third kappa shape index (κ3) is 5.18. The van der Waals surface area contributed by atoms with Crippen molar-refractivity contribution in [2.45, 2.75) is 31.0 Å². The molecule has 0 aromatic carbocycles. The zero-order valence-corrected chi connectivity index (χ0v) is 23.7. The Morgan fingerprint density at radius 3 is 2.80 bits per heavy atom. The highest BCUT2D eigenvalue weighted by molar-refractivity contribution is 8.00. The van der Waals surface area contributed by atoms with Crippen molar-refractivity contribution in [3.8, 4) is 0 Å². The third-order valence-electron chi connectivity index (χ3n) is 6.38. The summed E-state index contributed by atoms with van der Waals surface area (Å²) < 4.78 is 3.56. The number of thiazole rings is 1. The average Bonchev–Trinajstić information content (AvgIpc) is 3.47. The molecular formula is C23H22ClN8O7S2+. The number of halogens is 1. The predicted octanol–water partition coefficient (Wildman–Crippen LogP) is 0.186. The molecule has 1 saturated heterocycles. The number of nitrogen functional groups attached to an aromatic ring is 1. The Hall–Kier alpha value is -4.22. The van der Waals surface area contributed by atoms with E-state index in [1.807, 2.05) is 16.7 Å². The number of aliphatic carboxylic acids is 2. The lowest BCUT2D eigenvalue weighted by molar-refractivity contribution is -0.663. The lowest BCUT2D eigenvalue weighted by Gasteiger charge is -2.49. The minimum absolute atomic E-state index is 0.00143. The van der Waals surface area contributed by atoms with Crippen LogP contribution in [-0.4, -0.2) is 82.6 Å². The van der Waals surface area contributed by atoms with Gasteiger partial charge < -0.3 is 26.1 Å². The van der Waals surface area contributed by atoms with E-state index in [1.54, 1.807) is 24.1 Å². The van der Waals surface area contributed by atoms with Gasteiger partial charge in [0.1, 0.15) is 38.9 Å². The molecule has 3 aromatic heterocycles. The van der Waals surface area contributed by atoms with Gasteiger partial charge in [0.2, 0.25) is 6.10 Å². The molecule has 5 rings (SSSR count). The standard InChI is InChI=1S/C23H21ClN8O7S2/c1-9(21(35)36)39-29-14(13-17(24)41-23(25)28-13)18(33)27-15-19(34)32-16(22(37)38)10(8-40-20(15)32)7-31-5-3-4-11-12(31)6-26-30(11)2/h3-6,9,15,20H,7-8H2,1-2H3,(H4-,25,27,28,33,35,36,37,38)/p+1/t9-,15+,20?/m0/s1. The summed E-state index contributed by atoms with van der Waals surface area (Å²) in [5, 5.41) is 28.9. The fourth-order valence-electron chi connectivity index (χ4n) is 4.36. The molecule has 3 aromatic rings. The van der Waals surface area contributed by atoms with Crippen molar-refractivity contribution in [1.82, 2.24) is 25.0 Å². The number of hydrogen-bond acceptors (Lipinski definition) is 11. The number of amides is 2. The topological polar surface area (TPSA) is 206 Å². The number of pyridine rings is 1. The summed E-state index contributed by atoms with van der Waals surface area (Å²) in [6.07, 6.45) is 2.08. The molecule has 2 aliphatic heterocycles. The zero-order chi connectivity index (χ0) is 29.6.